The first-order valence-corrected chi connectivity index (χ1v) is 6.04. The van der Waals surface area contributed by atoms with Crippen LogP contribution in [0.5, 0.6) is 0 Å². The van der Waals surface area contributed by atoms with E-state index in [0.717, 1.165) is 5.56 Å². The predicted molar refractivity (Wildman–Crippen MR) is 69.0 cm³/mol. The molecule has 1 N–H and O–H groups in total. The van der Waals surface area contributed by atoms with Crippen molar-refractivity contribution in [2.24, 2.45) is 0 Å². The average molecular weight is 256 g/mol. The van der Waals surface area contributed by atoms with E-state index in [4.69, 9.17) is 11.6 Å². The minimum atomic E-state index is -1.10. The van der Waals surface area contributed by atoms with Crippen molar-refractivity contribution >= 4 is 17.5 Å². The summed E-state index contributed by atoms with van der Waals surface area (Å²) < 4.78 is 0. The molecule has 0 aliphatic rings. The molecule has 0 saturated carbocycles. The van der Waals surface area contributed by atoms with Gasteiger partial charge in [0.05, 0.1) is 6.04 Å². The average Bonchev–Trinajstić information content (AvgIpc) is 2.37. The molecule has 1 rings (SSSR count). The van der Waals surface area contributed by atoms with Crippen LogP contribution in [0.4, 0.5) is 0 Å². The van der Waals surface area contributed by atoms with Crippen LogP contribution in [0.3, 0.4) is 0 Å². The van der Waals surface area contributed by atoms with Crippen LogP contribution in [-0.2, 0) is 10.4 Å². The molecule has 0 aromatic heterocycles. The molecule has 0 aliphatic carbocycles. The molecular formula is C13H18ClNO2. The van der Waals surface area contributed by atoms with Crippen molar-refractivity contribution in [1.82, 2.24) is 4.90 Å². The minimum absolute atomic E-state index is 0.0777. The molecule has 0 radical (unpaired) electrons. The first-order valence-electron chi connectivity index (χ1n) is 5.50. The van der Waals surface area contributed by atoms with Crippen molar-refractivity contribution < 1.29 is 9.90 Å². The lowest BCUT2D eigenvalue weighted by atomic mass is 9.88. The lowest BCUT2D eigenvalue weighted by Crippen LogP contribution is -2.48. The van der Waals surface area contributed by atoms with Gasteiger partial charge in [0, 0.05) is 7.05 Å². The Labute approximate surface area is 107 Å². The lowest BCUT2D eigenvalue weighted by molar-refractivity contribution is -0.134. The van der Waals surface area contributed by atoms with E-state index in [0.29, 0.717) is 0 Å². The molecule has 0 aliphatic heterocycles. The highest BCUT2D eigenvalue weighted by atomic mass is 35.5. The van der Waals surface area contributed by atoms with Crippen molar-refractivity contribution in [1.29, 1.82) is 0 Å². The molecule has 1 aromatic rings. The van der Waals surface area contributed by atoms with Crippen LogP contribution >= 0.6 is 11.6 Å². The highest BCUT2D eigenvalue weighted by Gasteiger charge is 2.34. The second-order valence-corrected chi connectivity index (χ2v) is 4.60. The van der Waals surface area contributed by atoms with E-state index in [-0.39, 0.29) is 17.8 Å². The van der Waals surface area contributed by atoms with Gasteiger partial charge in [0.1, 0.15) is 11.5 Å². The number of alkyl halides is 1. The Balaban J connectivity index is 2.94. The van der Waals surface area contributed by atoms with Gasteiger partial charge >= 0.3 is 0 Å². The van der Waals surface area contributed by atoms with E-state index in [1.54, 1.807) is 20.9 Å². The van der Waals surface area contributed by atoms with E-state index < -0.39 is 5.60 Å². The Bertz CT molecular complexity index is 378. The maximum atomic E-state index is 11.5. The Hall–Kier alpha value is -1.06. The molecule has 0 bridgehead atoms. The number of carbonyl (C=O) groups is 1. The minimum Gasteiger partial charge on any atom is -0.383 e. The Morgan fingerprint density at radius 3 is 2.47 bits per heavy atom. The first kappa shape index (κ1) is 14.0. The van der Waals surface area contributed by atoms with E-state index >= 15 is 0 Å². The lowest BCUT2D eigenvalue weighted by Gasteiger charge is -2.37. The number of likely N-dealkylation sites (N-methyl/N-ethyl adjacent to an activating group) is 1. The number of nitrogens with zero attached hydrogens (tertiary/aromatic N) is 1. The predicted octanol–water partition coefficient (Wildman–Crippen LogP) is 1.98. The molecule has 0 saturated heterocycles. The molecule has 3 nitrogen and oxygen atoms in total. The third-order valence-electron chi connectivity index (χ3n) is 3.26. The number of carbonyl (C=O) groups excluding carboxylic acids is 1. The summed E-state index contributed by atoms with van der Waals surface area (Å²) in [5, 5.41) is 10.5. The zero-order valence-electron chi connectivity index (χ0n) is 10.4. The number of amides is 1. The van der Waals surface area contributed by atoms with Gasteiger partial charge in [-0.15, -0.1) is 11.6 Å². The second-order valence-electron chi connectivity index (χ2n) is 4.33. The molecule has 1 aromatic carbocycles. The maximum Gasteiger partial charge on any atom is 0.237 e. The highest BCUT2D eigenvalue weighted by molar-refractivity contribution is 6.27. The van der Waals surface area contributed by atoms with Crippen LogP contribution in [-0.4, -0.2) is 34.9 Å². The second kappa shape index (κ2) is 5.52. The normalized spacial score (nSPS) is 16.1. The number of aliphatic hydroxyl groups is 1. The molecule has 17 heavy (non-hydrogen) atoms. The van der Waals surface area contributed by atoms with Crippen LogP contribution in [0.2, 0.25) is 0 Å². The summed E-state index contributed by atoms with van der Waals surface area (Å²) in [6.07, 6.45) is 0. The molecule has 1 amide bonds. The van der Waals surface area contributed by atoms with Crippen molar-refractivity contribution in [3.05, 3.63) is 35.9 Å². The summed E-state index contributed by atoms with van der Waals surface area (Å²) in [7, 11) is 1.65. The van der Waals surface area contributed by atoms with Gasteiger partial charge in [-0.05, 0) is 19.4 Å². The first-order chi connectivity index (χ1) is 7.91. The molecule has 0 spiro atoms. The molecule has 0 heterocycles. The van der Waals surface area contributed by atoms with Crippen LogP contribution in [0.15, 0.2) is 30.3 Å². The van der Waals surface area contributed by atoms with Gasteiger partial charge in [0.2, 0.25) is 5.91 Å². The van der Waals surface area contributed by atoms with E-state index in [1.165, 1.54) is 4.90 Å². The Morgan fingerprint density at radius 1 is 1.47 bits per heavy atom. The van der Waals surface area contributed by atoms with Gasteiger partial charge in [-0.3, -0.25) is 4.79 Å². The summed E-state index contributed by atoms with van der Waals surface area (Å²) in [5.41, 5.74) is -0.320. The zero-order chi connectivity index (χ0) is 13.1. The maximum absolute atomic E-state index is 11.5. The summed E-state index contributed by atoms with van der Waals surface area (Å²) >= 11 is 5.51. The van der Waals surface area contributed by atoms with Crippen molar-refractivity contribution in [3.8, 4) is 0 Å². The van der Waals surface area contributed by atoms with Crippen LogP contribution < -0.4 is 0 Å². The quantitative estimate of drug-likeness (QED) is 0.836. The van der Waals surface area contributed by atoms with Gasteiger partial charge < -0.3 is 10.0 Å². The molecule has 2 atom stereocenters. The van der Waals surface area contributed by atoms with Gasteiger partial charge in [0.15, 0.2) is 0 Å². The van der Waals surface area contributed by atoms with E-state index in [1.807, 2.05) is 30.3 Å². The van der Waals surface area contributed by atoms with Gasteiger partial charge in [-0.25, -0.2) is 0 Å². The third-order valence-corrected chi connectivity index (χ3v) is 3.49. The standard InChI is InChI=1S/C13H18ClNO2/c1-10(15(3)12(16)9-14)13(2,17)11-7-5-4-6-8-11/h4-8,10,17H,9H2,1-3H3. The number of hydrogen-bond donors (Lipinski definition) is 1. The smallest absolute Gasteiger partial charge is 0.237 e. The Kier molecular flexibility index (Phi) is 4.54. The largest absolute Gasteiger partial charge is 0.383 e. The number of rotatable bonds is 4. The molecule has 94 valence electrons. The summed E-state index contributed by atoms with van der Waals surface area (Å²) in [4.78, 5) is 13.0. The monoisotopic (exact) mass is 255 g/mol. The van der Waals surface area contributed by atoms with Crippen LogP contribution in [0.1, 0.15) is 19.4 Å². The van der Waals surface area contributed by atoms with Crippen LogP contribution in [0, 0.1) is 0 Å². The molecule has 4 heteroatoms. The summed E-state index contributed by atoms with van der Waals surface area (Å²) in [6.45, 7) is 3.50. The van der Waals surface area contributed by atoms with Crippen molar-refractivity contribution in [2.75, 3.05) is 12.9 Å². The molecule has 2 unspecified atom stereocenters. The van der Waals surface area contributed by atoms with Gasteiger partial charge in [0.25, 0.3) is 0 Å². The fraction of sp³-hybridized carbons (Fsp3) is 0.462. The SMILES string of the molecule is CC(N(C)C(=O)CCl)C(C)(O)c1ccccc1. The molecular weight excluding hydrogens is 238 g/mol. The number of halogens is 1. The Morgan fingerprint density at radius 2 is 2.00 bits per heavy atom. The van der Waals surface area contributed by atoms with Gasteiger partial charge in [-0.2, -0.15) is 0 Å². The van der Waals surface area contributed by atoms with E-state index in [9.17, 15) is 9.90 Å². The zero-order valence-corrected chi connectivity index (χ0v) is 11.1. The fourth-order valence-corrected chi connectivity index (χ4v) is 1.89. The van der Waals surface area contributed by atoms with E-state index in [2.05, 4.69) is 0 Å². The van der Waals surface area contributed by atoms with Gasteiger partial charge in [-0.1, -0.05) is 30.3 Å². The number of benzene rings is 1. The summed E-state index contributed by atoms with van der Waals surface area (Å²) in [5.74, 6) is -0.276. The molecule has 0 fully saturated rings. The number of hydrogen-bond acceptors (Lipinski definition) is 2. The fourth-order valence-electron chi connectivity index (χ4n) is 1.70. The van der Waals surface area contributed by atoms with Crippen molar-refractivity contribution in [3.63, 3.8) is 0 Å². The third kappa shape index (κ3) is 2.99. The van der Waals surface area contributed by atoms with Crippen LogP contribution in [0.25, 0.3) is 0 Å². The topological polar surface area (TPSA) is 40.5 Å². The highest BCUT2D eigenvalue weighted by Crippen LogP contribution is 2.27. The van der Waals surface area contributed by atoms with Crippen molar-refractivity contribution in [2.45, 2.75) is 25.5 Å². The summed E-state index contributed by atoms with van der Waals surface area (Å²) in [6, 6.07) is 8.94.